The highest BCUT2D eigenvalue weighted by atomic mass is 16.5. The summed E-state index contributed by atoms with van der Waals surface area (Å²) in [7, 11) is 1.00. The lowest BCUT2D eigenvalue weighted by molar-refractivity contribution is 0.163. The zero-order valence-corrected chi connectivity index (χ0v) is 5.05. The van der Waals surface area contributed by atoms with E-state index in [9.17, 15) is 4.79 Å². The summed E-state index contributed by atoms with van der Waals surface area (Å²) in [6, 6.07) is 0. The van der Waals surface area contributed by atoms with Gasteiger partial charge in [-0.05, 0) is 6.92 Å². The third kappa shape index (κ3) is 18.8. The number of rotatable bonds is 1. The molecule has 0 aromatic heterocycles. The summed E-state index contributed by atoms with van der Waals surface area (Å²) in [5, 5.41) is 7.00. The predicted molar refractivity (Wildman–Crippen MR) is 29.4 cm³/mol. The summed E-state index contributed by atoms with van der Waals surface area (Å²) in [6.45, 7) is 2.06. The van der Waals surface area contributed by atoms with Gasteiger partial charge in [-0.3, -0.25) is 0 Å². The second-order valence-electron chi connectivity index (χ2n) is 0.752. The van der Waals surface area contributed by atoms with Crippen molar-refractivity contribution in [2.45, 2.75) is 6.92 Å². The van der Waals surface area contributed by atoms with E-state index in [4.69, 9.17) is 5.11 Å². The molecule has 0 atom stereocenters. The Kier molecular flexibility index (Phi) is 12.2. The monoisotopic (exact) mass is 121 g/mol. The Morgan fingerprint density at radius 2 is 2.12 bits per heavy atom. The average molecular weight is 121 g/mol. The minimum atomic E-state index is -0.711. The zero-order chi connectivity index (χ0) is 6.99. The van der Waals surface area contributed by atoms with Gasteiger partial charge in [-0.2, -0.15) is 0 Å². The van der Waals surface area contributed by atoms with Crippen LogP contribution in [0.2, 0.25) is 0 Å². The van der Waals surface area contributed by atoms with Crippen molar-refractivity contribution in [2.24, 2.45) is 5.73 Å². The molecule has 0 bridgehead atoms. The van der Waals surface area contributed by atoms with Crippen molar-refractivity contribution in [1.29, 1.82) is 0 Å². The van der Waals surface area contributed by atoms with E-state index in [0.717, 1.165) is 7.11 Å². The maximum absolute atomic E-state index is 9.60. The molecule has 0 fully saturated rings. The Bertz CT molecular complexity index is 55.2. The molecule has 4 heteroatoms. The molecule has 0 aliphatic heterocycles. The number of primary amides is 1. The van der Waals surface area contributed by atoms with Gasteiger partial charge in [-0.1, -0.05) is 0 Å². The summed E-state index contributed by atoms with van der Waals surface area (Å²) < 4.78 is 4.18. The van der Waals surface area contributed by atoms with Crippen LogP contribution in [0, 0.1) is 0 Å². The Morgan fingerprint density at radius 1 is 1.75 bits per heavy atom. The number of hydrogen-bond acceptors (Lipinski definition) is 3. The molecular weight excluding hydrogens is 110 g/mol. The van der Waals surface area contributed by atoms with Crippen molar-refractivity contribution in [3.8, 4) is 0 Å². The molecule has 50 valence electrons. The van der Waals surface area contributed by atoms with Gasteiger partial charge < -0.3 is 15.6 Å². The molecule has 1 amide bonds. The van der Waals surface area contributed by atoms with Crippen LogP contribution in [0.15, 0.2) is 0 Å². The van der Waals surface area contributed by atoms with Gasteiger partial charge >= 0.3 is 6.09 Å². The minimum Gasteiger partial charge on any atom is -0.450 e. The van der Waals surface area contributed by atoms with Crippen LogP contribution >= 0.6 is 0 Å². The standard InChI is InChI=1S/C3H7NO2.CH4O/c1-2-6-3(4)5;1-2/h2H2,1H3,(H2,4,5);2H,1H3. The smallest absolute Gasteiger partial charge is 0.404 e. The Hall–Kier alpha value is -0.770. The summed E-state index contributed by atoms with van der Waals surface area (Å²) >= 11 is 0. The van der Waals surface area contributed by atoms with E-state index in [0.29, 0.717) is 6.61 Å². The maximum atomic E-state index is 9.60. The number of ether oxygens (including phenoxy) is 1. The highest BCUT2D eigenvalue weighted by molar-refractivity contribution is 5.64. The third-order valence-electron chi connectivity index (χ3n) is 0.287. The van der Waals surface area contributed by atoms with Gasteiger partial charge in [0.1, 0.15) is 0 Å². The lowest BCUT2D eigenvalue weighted by Gasteiger charge is -1.89. The Balaban J connectivity index is 0. The minimum absolute atomic E-state index is 0.356. The number of carbonyl (C=O) groups excluding carboxylic acids is 1. The first-order chi connectivity index (χ1) is 3.77. The lowest BCUT2D eigenvalue weighted by atomic mass is 10.9. The molecule has 0 aliphatic rings. The molecule has 8 heavy (non-hydrogen) atoms. The van der Waals surface area contributed by atoms with Crippen molar-refractivity contribution >= 4 is 6.09 Å². The number of amides is 1. The fourth-order valence-electron chi connectivity index (χ4n) is 0.142. The maximum Gasteiger partial charge on any atom is 0.404 e. The third-order valence-corrected chi connectivity index (χ3v) is 0.287. The summed E-state index contributed by atoms with van der Waals surface area (Å²) in [5.74, 6) is 0. The van der Waals surface area contributed by atoms with Crippen LogP contribution in [0.3, 0.4) is 0 Å². The van der Waals surface area contributed by atoms with E-state index >= 15 is 0 Å². The largest absolute Gasteiger partial charge is 0.450 e. The summed E-state index contributed by atoms with van der Waals surface area (Å²) in [4.78, 5) is 9.60. The second kappa shape index (κ2) is 9.52. The van der Waals surface area contributed by atoms with Crippen molar-refractivity contribution in [1.82, 2.24) is 0 Å². The predicted octanol–water partition coefficient (Wildman–Crippen LogP) is -0.290. The topological polar surface area (TPSA) is 72.5 Å². The van der Waals surface area contributed by atoms with Crippen molar-refractivity contribution in [3.05, 3.63) is 0 Å². The SMILES string of the molecule is CCOC(N)=O.CO. The highest BCUT2D eigenvalue weighted by Gasteiger charge is 1.82. The molecule has 0 rings (SSSR count). The van der Waals surface area contributed by atoms with Crippen LogP contribution in [-0.4, -0.2) is 24.9 Å². The van der Waals surface area contributed by atoms with Crippen molar-refractivity contribution in [2.75, 3.05) is 13.7 Å². The Morgan fingerprint density at radius 3 is 2.12 bits per heavy atom. The van der Waals surface area contributed by atoms with Crippen molar-refractivity contribution in [3.63, 3.8) is 0 Å². The van der Waals surface area contributed by atoms with Crippen molar-refractivity contribution < 1.29 is 14.6 Å². The van der Waals surface area contributed by atoms with Gasteiger partial charge in [0.25, 0.3) is 0 Å². The molecule has 0 heterocycles. The van der Waals surface area contributed by atoms with Gasteiger partial charge in [0.15, 0.2) is 0 Å². The number of nitrogens with two attached hydrogens (primary N) is 1. The van der Waals surface area contributed by atoms with Crippen LogP contribution in [0.1, 0.15) is 6.92 Å². The molecule has 0 radical (unpaired) electrons. The van der Waals surface area contributed by atoms with E-state index < -0.39 is 6.09 Å². The first kappa shape index (κ1) is 10.3. The van der Waals surface area contributed by atoms with Gasteiger partial charge in [0.05, 0.1) is 6.61 Å². The lowest BCUT2D eigenvalue weighted by Crippen LogP contribution is -2.11. The van der Waals surface area contributed by atoms with Crippen LogP contribution in [0.4, 0.5) is 4.79 Å². The fraction of sp³-hybridized carbons (Fsp3) is 0.750. The number of aliphatic hydroxyl groups excluding tert-OH is 1. The molecular formula is C4H11NO3. The first-order valence-corrected chi connectivity index (χ1v) is 2.14. The summed E-state index contributed by atoms with van der Waals surface area (Å²) in [6.07, 6.45) is -0.711. The Labute approximate surface area is 48.2 Å². The fourth-order valence-corrected chi connectivity index (χ4v) is 0.142. The molecule has 0 aliphatic carbocycles. The van der Waals surface area contributed by atoms with E-state index in [2.05, 4.69) is 10.5 Å². The van der Waals surface area contributed by atoms with E-state index in [1.165, 1.54) is 0 Å². The van der Waals surface area contributed by atoms with E-state index in [1.54, 1.807) is 6.92 Å². The molecule has 0 unspecified atom stereocenters. The molecule has 0 aromatic carbocycles. The van der Waals surface area contributed by atoms with Gasteiger partial charge in [-0.15, -0.1) is 0 Å². The van der Waals surface area contributed by atoms with Crippen LogP contribution in [-0.2, 0) is 4.74 Å². The average Bonchev–Trinajstić information content (AvgIpc) is 1.72. The molecule has 4 nitrogen and oxygen atoms in total. The first-order valence-electron chi connectivity index (χ1n) is 2.14. The normalized spacial score (nSPS) is 6.38. The number of aliphatic hydroxyl groups is 1. The number of hydrogen-bond donors (Lipinski definition) is 2. The quantitative estimate of drug-likeness (QED) is 0.500. The van der Waals surface area contributed by atoms with Crippen LogP contribution in [0.25, 0.3) is 0 Å². The molecule has 0 saturated carbocycles. The zero-order valence-electron chi connectivity index (χ0n) is 5.05. The number of carbonyl (C=O) groups is 1. The van der Waals surface area contributed by atoms with Crippen LogP contribution < -0.4 is 5.73 Å². The molecule has 0 saturated heterocycles. The molecule has 3 N–H and O–H groups in total. The molecule has 0 spiro atoms. The van der Waals surface area contributed by atoms with Crippen LogP contribution in [0.5, 0.6) is 0 Å². The van der Waals surface area contributed by atoms with Gasteiger partial charge in [0, 0.05) is 7.11 Å². The van der Waals surface area contributed by atoms with E-state index in [1.807, 2.05) is 0 Å². The van der Waals surface area contributed by atoms with Gasteiger partial charge in [-0.25, -0.2) is 4.79 Å². The highest BCUT2D eigenvalue weighted by Crippen LogP contribution is 1.66. The summed E-state index contributed by atoms with van der Waals surface area (Å²) in [5.41, 5.74) is 4.54. The van der Waals surface area contributed by atoms with E-state index in [-0.39, 0.29) is 0 Å². The van der Waals surface area contributed by atoms with Gasteiger partial charge in [0.2, 0.25) is 0 Å². The second-order valence-corrected chi connectivity index (χ2v) is 0.752. The molecule has 0 aromatic rings.